The molecule has 1 aliphatic heterocycles. The molecule has 2 aromatic rings. The molecular formula is C21H32N4OS2. The summed E-state index contributed by atoms with van der Waals surface area (Å²) < 4.78 is 5.74. The average Bonchev–Trinajstić information content (AvgIpc) is 3.39. The lowest BCUT2D eigenvalue weighted by atomic mass is 9.91. The van der Waals surface area contributed by atoms with Gasteiger partial charge in [-0.3, -0.25) is 9.89 Å². The fourth-order valence-electron chi connectivity index (χ4n) is 3.49. The molecule has 0 aromatic carbocycles. The molecule has 2 atom stereocenters. The maximum absolute atomic E-state index is 5.74. The summed E-state index contributed by atoms with van der Waals surface area (Å²) in [4.78, 5) is 9.74. The van der Waals surface area contributed by atoms with Crippen LogP contribution in [0, 0.1) is 0 Å². The van der Waals surface area contributed by atoms with E-state index in [-0.39, 0.29) is 11.5 Å². The summed E-state index contributed by atoms with van der Waals surface area (Å²) in [5, 5.41) is 11.4. The van der Waals surface area contributed by atoms with E-state index in [0.29, 0.717) is 6.04 Å². The van der Waals surface area contributed by atoms with Crippen molar-refractivity contribution in [3.63, 3.8) is 0 Å². The molecule has 2 aromatic heterocycles. The lowest BCUT2D eigenvalue weighted by molar-refractivity contribution is -0.0334. The first kappa shape index (κ1) is 21.3. The van der Waals surface area contributed by atoms with Crippen LogP contribution in [0.25, 0.3) is 0 Å². The molecule has 0 aliphatic carbocycles. The number of hydrogen-bond acceptors (Lipinski definition) is 5. The Morgan fingerprint density at radius 1 is 1.29 bits per heavy atom. The van der Waals surface area contributed by atoms with Gasteiger partial charge in [-0.25, -0.2) is 0 Å². The SMILES string of the molecule is CN=C(NCC(c1cccs1)N1CCOC(C)C1)NCC(C)(C)c1cccs1. The summed E-state index contributed by atoms with van der Waals surface area (Å²) >= 11 is 3.63. The molecule has 1 saturated heterocycles. The van der Waals surface area contributed by atoms with Gasteiger partial charge in [0.15, 0.2) is 5.96 Å². The minimum Gasteiger partial charge on any atom is -0.376 e. The first-order valence-corrected chi connectivity index (χ1v) is 11.6. The Bertz CT molecular complexity index is 728. The predicted octanol–water partition coefficient (Wildman–Crippen LogP) is 3.71. The van der Waals surface area contributed by atoms with E-state index in [0.717, 1.165) is 38.7 Å². The molecule has 3 rings (SSSR count). The molecule has 2 N–H and O–H groups in total. The van der Waals surface area contributed by atoms with Crippen LogP contribution in [0.3, 0.4) is 0 Å². The van der Waals surface area contributed by atoms with Crippen LogP contribution in [-0.4, -0.2) is 56.8 Å². The number of morpholine rings is 1. The Labute approximate surface area is 176 Å². The molecule has 5 nitrogen and oxygen atoms in total. The van der Waals surface area contributed by atoms with Gasteiger partial charge in [-0.05, 0) is 29.8 Å². The molecule has 28 heavy (non-hydrogen) atoms. The van der Waals surface area contributed by atoms with Crippen LogP contribution in [-0.2, 0) is 10.2 Å². The lowest BCUT2D eigenvalue weighted by Gasteiger charge is -2.37. The van der Waals surface area contributed by atoms with Crippen LogP contribution in [0.15, 0.2) is 40.0 Å². The summed E-state index contributed by atoms with van der Waals surface area (Å²) in [6.07, 6.45) is 0.278. The third-order valence-corrected chi connectivity index (χ3v) is 7.37. The number of ether oxygens (including phenoxy) is 1. The number of hydrogen-bond donors (Lipinski definition) is 2. The van der Waals surface area contributed by atoms with Gasteiger partial charge in [0, 0.05) is 48.4 Å². The van der Waals surface area contributed by atoms with Crippen molar-refractivity contribution in [2.75, 3.05) is 39.8 Å². The van der Waals surface area contributed by atoms with Crippen molar-refractivity contribution >= 4 is 28.6 Å². The summed E-state index contributed by atoms with van der Waals surface area (Å²) in [7, 11) is 1.84. The second-order valence-corrected chi connectivity index (χ2v) is 9.80. The minimum atomic E-state index is 0.0680. The van der Waals surface area contributed by atoms with Gasteiger partial charge in [0.05, 0.1) is 18.8 Å². The van der Waals surface area contributed by atoms with E-state index < -0.39 is 0 Å². The number of aliphatic imine (C=N–C) groups is 1. The zero-order chi connectivity index (χ0) is 20.0. The van der Waals surface area contributed by atoms with Crippen LogP contribution in [0.2, 0.25) is 0 Å². The van der Waals surface area contributed by atoms with Gasteiger partial charge in [-0.2, -0.15) is 0 Å². The maximum Gasteiger partial charge on any atom is 0.191 e. The van der Waals surface area contributed by atoms with E-state index in [9.17, 15) is 0 Å². The lowest BCUT2D eigenvalue weighted by Crippen LogP contribution is -2.49. The summed E-state index contributed by atoms with van der Waals surface area (Å²) in [5.74, 6) is 0.854. The van der Waals surface area contributed by atoms with Crippen LogP contribution >= 0.6 is 22.7 Å². The Morgan fingerprint density at radius 3 is 2.71 bits per heavy atom. The van der Waals surface area contributed by atoms with Crippen molar-refractivity contribution in [2.45, 2.75) is 38.3 Å². The van der Waals surface area contributed by atoms with Crippen LogP contribution in [0.5, 0.6) is 0 Å². The second-order valence-electron chi connectivity index (χ2n) is 7.88. The highest BCUT2D eigenvalue weighted by Gasteiger charge is 2.27. The van der Waals surface area contributed by atoms with Gasteiger partial charge in [0.1, 0.15) is 0 Å². The fourth-order valence-corrected chi connectivity index (χ4v) is 5.20. The normalized spacial score (nSPS) is 20.1. The summed E-state index contributed by atoms with van der Waals surface area (Å²) in [6, 6.07) is 9.01. The Hall–Kier alpha value is -1.41. The maximum atomic E-state index is 5.74. The van der Waals surface area contributed by atoms with Gasteiger partial charge >= 0.3 is 0 Å². The van der Waals surface area contributed by atoms with Crippen LogP contribution in [0.4, 0.5) is 0 Å². The summed E-state index contributed by atoms with van der Waals surface area (Å²) in [5.41, 5.74) is 0.0680. The highest BCUT2D eigenvalue weighted by Crippen LogP contribution is 2.27. The van der Waals surface area contributed by atoms with E-state index in [1.165, 1.54) is 9.75 Å². The summed E-state index contributed by atoms with van der Waals surface area (Å²) in [6.45, 7) is 11.1. The Morgan fingerprint density at radius 2 is 2.07 bits per heavy atom. The number of guanidine groups is 1. The quantitative estimate of drug-likeness (QED) is 0.530. The molecule has 3 heterocycles. The minimum absolute atomic E-state index is 0.0680. The number of nitrogens with zero attached hydrogens (tertiary/aromatic N) is 2. The topological polar surface area (TPSA) is 48.9 Å². The zero-order valence-corrected chi connectivity index (χ0v) is 18.9. The van der Waals surface area contributed by atoms with Crippen LogP contribution in [0.1, 0.15) is 36.6 Å². The van der Waals surface area contributed by atoms with Crippen molar-refractivity contribution in [1.29, 1.82) is 0 Å². The van der Waals surface area contributed by atoms with Crippen molar-refractivity contribution in [3.05, 3.63) is 44.8 Å². The van der Waals surface area contributed by atoms with E-state index in [4.69, 9.17) is 4.74 Å². The van der Waals surface area contributed by atoms with Gasteiger partial charge < -0.3 is 15.4 Å². The van der Waals surface area contributed by atoms with Crippen LogP contribution < -0.4 is 10.6 Å². The first-order chi connectivity index (χ1) is 13.5. The van der Waals surface area contributed by atoms with Crippen molar-refractivity contribution < 1.29 is 4.74 Å². The monoisotopic (exact) mass is 420 g/mol. The average molecular weight is 421 g/mol. The van der Waals surface area contributed by atoms with E-state index in [2.05, 4.69) is 76.3 Å². The smallest absolute Gasteiger partial charge is 0.191 e. The largest absolute Gasteiger partial charge is 0.376 e. The third-order valence-electron chi connectivity index (χ3n) is 5.16. The molecule has 0 radical (unpaired) electrons. The van der Waals surface area contributed by atoms with E-state index >= 15 is 0 Å². The van der Waals surface area contributed by atoms with E-state index in [1.807, 2.05) is 29.7 Å². The molecule has 0 bridgehead atoms. The number of rotatable bonds is 7. The molecular weight excluding hydrogens is 388 g/mol. The predicted molar refractivity (Wildman–Crippen MR) is 121 cm³/mol. The molecule has 0 spiro atoms. The molecule has 2 unspecified atom stereocenters. The molecule has 7 heteroatoms. The number of thiophene rings is 2. The third kappa shape index (κ3) is 5.56. The first-order valence-electron chi connectivity index (χ1n) is 9.87. The van der Waals surface area contributed by atoms with Gasteiger partial charge in [0.2, 0.25) is 0 Å². The molecule has 0 saturated carbocycles. The van der Waals surface area contributed by atoms with Crippen molar-refractivity contribution in [3.8, 4) is 0 Å². The Balaban J connectivity index is 1.59. The number of nitrogens with one attached hydrogen (secondary N) is 2. The van der Waals surface area contributed by atoms with Crippen molar-refractivity contribution in [1.82, 2.24) is 15.5 Å². The zero-order valence-electron chi connectivity index (χ0n) is 17.3. The highest BCUT2D eigenvalue weighted by molar-refractivity contribution is 7.10. The van der Waals surface area contributed by atoms with E-state index in [1.54, 1.807) is 0 Å². The van der Waals surface area contributed by atoms with Crippen molar-refractivity contribution in [2.24, 2.45) is 4.99 Å². The molecule has 0 amide bonds. The molecule has 154 valence electrons. The van der Waals surface area contributed by atoms with Gasteiger partial charge in [-0.1, -0.05) is 26.0 Å². The molecule has 1 aliphatic rings. The van der Waals surface area contributed by atoms with Gasteiger partial charge in [-0.15, -0.1) is 22.7 Å². The second kappa shape index (κ2) is 9.87. The Kier molecular flexibility index (Phi) is 7.51. The fraction of sp³-hybridized carbons (Fsp3) is 0.571. The molecule has 1 fully saturated rings. The highest BCUT2D eigenvalue weighted by atomic mass is 32.1. The van der Waals surface area contributed by atoms with Gasteiger partial charge in [0.25, 0.3) is 0 Å². The standard InChI is InChI=1S/C21H32N4OS2/c1-16-14-25(9-10-26-16)17(18-7-5-11-27-18)13-23-20(22-4)24-15-21(2,3)19-8-6-12-28-19/h5-8,11-12,16-17H,9-10,13-15H2,1-4H3,(H2,22,23,24).